The zero-order valence-electron chi connectivity index (χ0n) is 12.1. The van der Waals surface area contributed by atoms with Crippen LogP contribution < -0.4 is 10.5 Å². The van der Waals surface area contributed by atoms with Gasteiger partial charge in [-0.15, -0.1) is 0 Å². The quantitative estimate of drug-likeness (QED) is 0.634. The summed E-state index contributed by atoms with van der Waals surface area (Å²) in [6.45, 7) is 9.11. The summed E-state index contributed by atoms with van der Waals surface area (Å²) < 4.78 is 10.7. The van der Waals surface area contributed by atoms with E-state index in [0.717, 1.165) is 0 Å². The van der Waals surface area contributed by atoms with Gasteiger partial charge in [0.25, 0.3) is 0 Å². The Morgan fingerprint density at radius 3 is 2.32 bits per heavy atom. The largest absolute Gasteiger partial charge is 0.491 e. The van der Waals surface area contributed by atoms with Crippen LogP contribution in [0.4, 0.5) is 5.69 Å². The van der Waals surface area contributed by atoms with Crippen LogP contribution in [0.25, 0.3) is 0 Å². The van der Waals surface area contributed by atoms with Crippen molar-refractivity contribution in [2.24, 2.45) is 11.8 Å². The van der Waals surface area contributed by atoms with Crippen LogP contribution >= 0.6 is 0 Å². The molecule has 0 aromatic heterocycles. The molecule has 0 unspecified atom stereocenters. The molecule has 1 aromatic carbocycles. The number of benzene rings is 1. The Hall–Kier alpha value is -1.71. The van der Waals surface area contributed by atoms with Gasteiger partial charge in [-0.2, -0.15) is 0 Å². The van der Waals surface area contributed by atoms with Gasteiger partial charge in [-0.05, 0) is 30.0 Å². The van der Waals surface area contributed by atoms with Gasteiger partial charge in [0.1, 0.15) is 5.75 Å². The van der Waals surface area contributed by atoms with Crippen LogP contribution in [0.1, 0.15) is 38.1 Å². The molecule has 0 fully saturated rings. The van der Waals surface area contributed by atoms with Gasteiger partial charge in [-0.3, -0.25) is 0 Å². The van der Waals surface area contributed by atoms with Crippen LogP contribution in [0.5, 0.6) is 5.75 Å². The van der Waals surface area contributed by atoms with Gasteiger partial charge in [-0.25, -0.2) is 4.79 Å². The molecular weight excluding hydrogens is 242 g/mol. The lowest BCUT2D eigenvalue weighted by Crippen LogP contribution is -2.11. The Kier molecular flexibility index (Phi) is 5.67. The monoisotopic (exact) mass is 265 g/mol. The highest BCUT2D eigenvalue weighted by Gasteiger charge is 2.11. The maximum Gasteiger partial charge on any atom is 0.338 e. The predicted octanol–water partition coefficient (Wildman–Crippen LogP) is 3.12. The fraction of sp³-hybridized carbons (Fsp3) is 0.533. The highest BCUT2D eigenvalue weighted by Crippen LogP contribution is 2.23. The van der Waals surface area contributed by atoms with Crippen molar-refractivity contribution < 1.29 is 14.3 Å². The number of nitrogens with two attached hydrogens (primary N) is 1. The summed E-state index contributed by atoms with van der Waals surface area (Å²) in [6.07, 6.45) is 0. The van der Waals surface area contributed by atoms with E-state index in [1.165, 1.54) is 0 Å². The molecule has 0 saturated heterocycles. The molecule has 4 heteroatoms. The molecule has 0 amide bonds. The van der Waals surface area contributed by atoms with Crippen LogP contribution in [0, 0.1) is 11.8 Å². The number of ether oxygens (including phenoxy) is 2. The van der Waals surface area contributed by atoms with E-state index in [9.17, 15) is 4.79 Å². The number of hydrogen-bond donors (Lipinski definition) is 1. The lowest BCUT2D eigenvalue weighted by Gasteiger charge is -2.12. The maximum atomic E-state index is 11.8. The molecule has 2 N–H and O–H groups in total. The second kappa shape index (κ2) is 7.02. The second-order valence-corrected chi connectivity index (χ2v) is 5.45. The molecule has 0 radical (unpaired) electrons. The molecule has 0 spiro atoms. The van der Waals surface area contributed by atoms with Crippen molar-refractivity contribution in [1.29, 1.82) is 0 Å². The number of rotatable bonds is 6. The van der Waals surface area contributed by atoms with Crippen molar-refractivity contribution in [2.75, 3.05) is 18.9 Å². The fourth-order valence-corrected chi connectivity index (χ4v) is 1.39. The van der Waals surface area contributed by atoms with Crippen LogP contribution in [-0.2, 0) is 4.74 Å². The summed E-state index contributed by atoms with van der Waals surface area (Å²) in [7, 11) is 0. The zero-order chi connectivity index (χ0) is 14.4. The highest BCUT2D eigenvalue weighted by molar-refractivity contribution is 5.91. The Bertz CT molecular complexity index is 427. The molecule has 19 heavy (non-hydrogen) atoms. The topological polar surface area (TPSA) is 61.5 Å². The number of hydrogen-bond acceptors (Lipinski definition) is 4. The molecule has 1 aromatic rings. The van der Waals surface area contributed by atoms with E-state index in [1.54, 1.807) is 18.2 Å². The van der Waals surface area contributed by atoms with Gasteiger partial charge in [0.05, 0.1) is 24.5 Å². The third-order valence-electron chi connectivity index (χ3n) is 2.37. The molecule has 0 aliphatic heterocycles. The Morgan fingerprint density at radius 2 is 1.79 bits per heavy atom. The summed E-state index contributed by atoms with van der Waals surface area (Å²) in [6, 6.07) is 4.98. The first-order valence-electron chi connectivity index (χ1n) is 6.59. The van der Waals surface area contributed by atoms with E-state index >= 15 is 0 Å². The minimum absolute atomic E-state index is 0.315. The van der Waals surface area contributed by atoms with Crippen molar-refractivity contribution in [3.63, 3.8) is 0 Å². The molecule has 106 valence electrons. The SMILES string of the molecule is CC(C)COC(=O)c1ccc(OCC(C)C)c(N)c1. The van der Waals surface area contributed by atoms with E-state index < -0.39 is 0 Å². The van der Waals surface area contributed by atoms with E-state index in [-0.39, 0.29) is 5.97 Å². The first-order chi connectivity index (χ1) is 8.90. The average Bonchev–Trinajstić information content (AvgIpc) is 2.34. The number of nitrogen functional groups attached to an aromatic ring is 1. The summed E-state index contributed by atoms with van der Waals surface area (Å²) >= 11 is 0. The van der Waals surface area contributed by atoms with Crippen molar-refractivity contribution in [2.45, 2.75) is 27.7 Å². The minimum atomic E-state index is -0.351. The molecule has 1 rings (SSSR count). The molecule has 0 saturated carbocycles. The maximum absolute atomic E-state index is 11.8. The van der Waals surface area contributed by atoms with Gasteiger partial charge >= 0.3 is 5.97 Å². The number of carbonyl (C=O) groups excluding carboxylic acids is 1. The van der Waals surface area contributed by atoms with Crippen LogP contribution in [0.2, 0.25) is 0 Å². The smallest absolute Gasteiger partial charge is 0.338 e. The van der Waals surface area contributed by atoms with Gasteiger partial charge in [0, 0.05) is 0 Å². The molecule has 0 bridgehead atoms. The van der Waals surface area contributed by atoms with E-state index in [4.69, 9.17) is 15.2 Å². The van der Waals surface area contributed by atoms with Gasteiger partial charge < -0.3 is 15.2 Å². The molecule has 4 nitrogen and oxygen atoms in total. The highest BCUT2D eigenvalue weighted by atomic mass is 16.5. The predicted molar refractivity (Wildman–Crippen MR) is 76.3 cm³/mol. The van der Waals surface area contributed by atoms with E-state index in [0.29, 0.717) is 42.0 Å². The number of anilines is 1. The van der Waals surface area contributed by atoms with Crippen LogP contribution in [0.15, 0.2) is 18.2 Å². The molecule has 0 aliphatic carbocycles. The lowest BCUT2D eigenvalue weighted by molar-refractivity contribution is 0.0459. The first kappa shape index (κ1) is 15.3. The first-order valence-corrected chi connectivity index (χ1v) is 6.59. The number of esters is 1. The third kappa shape index (κ3) is 5.20. The zero-order valence-corrected chi connectivity index (χ0v) is 12.1. The number of carbonyl (C=O) groups is 1. The van der Waals surface area contributed by atoms with Gasteiger partial charge in [0.15, 0.2) is 0 Å². The Labute approximate surface area is 114 Å². The van der Waals surface area contributed by atoms with Crippen molar-refractivity contribution >= 4 is 11.7 Å². The van der Waals surface area contributed by atoms with Crippen molar-refractivity contribution in [1.82, 2.24) is 0 Å². The van der Waals surface area contributed by atoms with Gasteiger partial charge in [0.2, 0.25) is 0 Å². The second-order valence-electron chi connectivity index (χ2n) is 5.45. The molecule has 0 aliphatic rings. The average molecular weight is 265 g/mol. The normalized spacial score (nSPS) is 10.8. The van der Waals surface area contributed by atoms with Gasteiger partial charge in [-0.1, -0.05) is 27.7 Å². The van der Waals surface area contributed by atoms with Crippen molar-refractivity contribution in [3.8, 4) is 5.75 Å². The summed E-state index contributed by atoms with van der Waals surface area (Å²) in [5, 5.41) is 0. The Balaban J connectivity index is 2.67. The lowest BCUT2D eigenvalue weighted by atomic mass is 10.2. The molecule has 0 heterocycles. The van der Waals surface area contributed by atoms with Crippen LogP contribution in [-0.4, -0.2) is 19.2 Å². The van der Waals surface area contributed by atoms with Crippen LogP contribution in [0.3, 0.4) is 0 Å². The third-order valence-corrected chi connectivity index (χ3v) is 2.37. The standard InChI is InChI=1S/C15H23NO3/c1-10(2)8-18-14-6-5-12(7-13(14)16)15(17)19-9-11(3)4/h5-7,10-11H,8-9,16H2,1-4H3. The van der Waals surface area contributed by atoms with E-state index in [2.05, 4.69) is 13.8 Å². The molecular formula is C15H23NO3. The summed E-state index contributed by atoms with van der Waals surface area (Å²) in [5.74, 6) is 0.995. The van der Waals surface area contributed by atoms with Crippen molar-refractivity contribution in [3.05, 3.63) is 23.8 Å². The fourth-order valence-electron chi connectivity index (χ4n) is 1.39. The molecule has 0 atom stereocenters. The summed E-state index contributed by atoms with van der Waals surface area (Å²) in [5.41, 5.74) is 6.78. The van der Waals surface area contributed by atoms with E-state index in [1.807, 2.05) is 13.8 Å². The summed E-state index contributed by atoms with van der Waals surface area (Å²) in [4.78, 5) is 11.8. The minimum Gasteiger partial charge on any atom is -0.491 e. The Morgan fingerprint density at radius 1 is 1.16 bits per heavy atom.